The molecule has 0 bridgehead atoms. The number of benzene rings is 1. The Labute approximate surface area is 145 Å². The van der Waals surface area contributed by atoms with Gasteiger partial charge in [-0.2, -0.15) is 0 Å². The van der Waals surface area contributed by atoms with E-state index >= 15 is 0 Å². The fraction of sp³-hybridized carbons (Fsp3) is 0.632. The Balaban J connectivity index is 1.72. The van der Waals surface area contributed by atoms with Gasteiger partial charge in [-0.05, 0) is 32.4 Å². The molecule has 2 saturated heterocycles. The lowest BCUT2D eigenvalue weighted by atomic mass is 10.0. The highest BCUT2D eigenvalue weighted by Crippen LogP contribution is 2.23. The van der Waals surface area contributed by atoms with Gasteiger partial charge in [-0.3, -0.25) is 9.69 Å². The van der Waals surface area contributed by atoms with Gasteiger partial charge in [0.15, 0.2) is 0 Å². The fourth-order valence-electron chi connectivity index (χ4n) is 3.64. The Bertz CT molecular complexity index is 523. The second-order valence-electron chi connectivity index (χ2n) is 7.00. The molecule has 24 heavy (non-hydrogen) atoms. The number of hydrogen-bond acceptors (Lipinski definition) is 4. The van der Waals surface area contributed by atoms with E-state index in [4.69, 9.17) is 4.74 Å². The Morgan fingerprint density at radius 3 is 2.54 bits per heavy atom. The van der Waals surface area contributed by atoms with E-state index < -0.39 is 0 Å². The molecule has 2 fully saturated rings. The minimum atomic E-state index is -0.219. The second-order valence-corrected chi connectivity index (χ2v) is 7.00. The van der Waals surface area contributed by atoms with Gasteiger partial charge < -0.3 is 15.0 Å². The number of rotatable bonds is 5. The van der Waals surface area contributed by atoms with Gasteiger partial charge in [0.05, 0.1) is 12.1 Å². The lowest BCUT2D eigenvalue weighted by Gasteiger charge is -2.38. The molecule has 1 amide bonds. The van der Waals surface area contributed by atoms with Crippen LogP contribution in [0.25, 0.3) is 0 Å². The van der Waals surface area contributed by atoms with Crippen molar-refractivity contribution in [2.24, 2.45) is 0 Å². The molecule has 2 aliphatic heterocycles. The van der Waals surface area contributed by atoms with Crippen LogP contribution >= 0.6 is 0 Å². The molecule has 5 heteroatoms. The summed E-state index contributed by atoms with van der Waals surface area (Å²) in [6, 6.07) is 9.96. The van der Waals surface area contributed by atoms with Crippen molar-refractivity contribution in [1.82, 2.24) is 15.1 Å². The molecule has 0 spiro atoms. The zero-order valence-corrected chi connectivity index (χ0v) is 14.8. The molecule has 0 aromatic heterocycles. The topological polar surface area (TPSA) is 44.8 Å². The van der Waals surface area contributed by atoms with Crippen molar-refractivity contribution in [1.29, 1.82) is 0 Å². The molecular formula is C19H29N3O2. The molecule has 132 valence electrons. The van der Waals surface area contributed by atoms with Crippen LogP contribution in [0.15, 0.2) is 30.3 Å². The molecule has 2 heterocycles. The Morgan fingerprint density at radius 2 is 1.92 bits per heavy atom. The van der Waals surface area contributed by atoms with Crippen molar-refractivity contribution in [2.45, 2.75) is 38.0 Å². The SMILES string of the molecule is C[C@H](NC(=O)[C@@H](c1ccccc1)N1CCN(C)CC1)[C@H]1CCCO1. The van der Waals surface area contributed by atoms with Gasteiger partial charge in [0.1, 0.15) is 6.04 Å². The summed E-state index contributed by atoms with van der Waals surface area (Å²) in [4.78, 5) is 17.7. The summed E-state index contributed by atoms with van der Waals surface area (Å²) in [6.07, 6.45) is 2.27. The summed E-state index contributed by atoms with van der Waals surface area (Å²) < 4.78 is 5.73. The molecule has 3 atom stereocenters. The van der Waals surface area contributed by atoms with E-state index in [1.807, 2.05) is 18.2 Å². The van der Waals surface area contributed by atoms with Crippen LogP contribution in [-0.4, -0.2) is 67.7 Å². The lowest BCUT2D eigenvalue weighted by Crippen LogP contribution is -2.52. The van der Waals surface area contributed by atoms with Crippen LogP contribution in [-0.2, 0) is 9.53 Å². The summed E-state index contributed by atoms with van der Waals surface area (Å²) in [6.45, 7) is 6.69. The maximum absolute atomic E-state index is 13.1. The maximum Gasteiger partial charge on any atom is 0.242 e. The Morgan fingerprint density at radius 1 is 1.21 bits per heavy atom. The quantitative estimate of drug-likeness (QED) is 0.891. The van der Waals surface area contributed by atoms with Crippen molar-refractivity contribution in [3.8, 4) is 0 Å². The van der Waals surface area contributed by atoms with Gasteiger partial charge in [0.25, 0.3) is 0 Å². The van der Waals surface area contributed by atoms with E-state index in [-0.39, 0.29) is 24.1 Å². The predicted molar refractivity (Wildman–Crippen MR) is 94.8 cm³/mol. The number of amides is 1. The standard InChI is InChI=1S/C19H29N3O2/c1-15(17-9-6-14-24-17)20-19(23)18(16-7-4-3-5-8-16)22-12-10-21(2)11-13-22/h3-5,7-8,15,17-18H,6,9-14H2,1-2H3,(H,20,23)/t15-,17+,18+/m0/s1. The fourth-order valence-corrected chi connectivity index (χ4v) is 3.64. The summed E-state index contributed by atoms with van der Waals surface area (Å²) in [5, 5.41) is 3.21. The van der Waals surface area contributed by atoms with Gasteiger partial charge in [0, 0.05) is 32.8 Å². The van der Waals surface area contributed by atoms with Crippen LogP contribution in [0.2, 0.25) is 0 Å². The zero-order chi connectivity index (χ0) is 16.9. The number of nitrogens with zero attached hydrogens (tertiary/aromatic N) is 2. The summed E-state index contributed by atoms with van der Waals surface area (Å²) in [5.74, 6) is 0.0914. The van der Waals surface area contributed by atoms with Crippen LogP contribution < -0.4 is 5.32 Å². The molecule has 1 N–H and O–H groups in total. The molecule has 0 saturated carbocycles. The van der Waals surface area contributed by atoms with Crippen molar-refractivity contribution < 1.29 is 9.53 Å². The number of hydrogen-bond donors (Lipinski definition) is 1. The van der Waals surface area contributed by atoms with E-state index in [0.29, 0.717) is 0 Å². The Kier molecular flexibility index (Phi) is 5.87. The van der Waals surface area contributed by atoms with Gasteiger partial charge >= 0.3 is 0 Å². The van der Waals surface area contributed by atoms with Crippen LogP contribution in [0.5, 0.6) is 0 Å². The van der Waals surface area contributed by atoms with Gasteiger partial charge in [-0.15, -0.1) is 0 Å². The normalized spacial score (nSPS) is 25.3. The first-order valence-electron chi connectivity index (χ1n) is 9.04. The third-order valence-corrected chi connectivity index (χ3v) is 5.16. The minimum absolute atomic E-state index is 0.0543. The van der Waals surface area contributed by atoms with Crippen molar-refractivity contribution in [3.05, 3.63) is 35.9 Å². The summed E-state index contributed by atoms with van der Waals surface area (Å²) >= 11 is 0. The lowest BCUT2D eigenvalue weighted by molar-refractivity contribution is -0.129. The second kappa shape index (κ2) is 8.10. The average Bonchev–Trinajstić information content (AvgIpc) is 3.12. The zero-order valence-electron chi connectivity index (χ0n) is 14.8. The molecule has 0 radical (unpaired) electrons. The molecule has 0 aliphatic carbocycles. The van der Waals surface area contributed by atoms with E-state index in [1.165, 1.54) is 0 Å². The Hall–Kier alpha value is -1.43. The number of piperazine rings is 1. The first kappa shape index (κ1) is 17.4. The van der Waals surface area contributed by atoms with Crippen LogP contribution in [0, 0.1) is 0 Å². The molecule has 2 aliphatic rings. The number of nitrogens with one attached hydrogen (secondary N) is 1. The van der Waals surface area contributed by atoms with Crippen molar-refractivity contribution >= 4 is 5.91 Å². The van der Waals surface area contributed by atoms with Gasteiger partial charge in [-0.1, -0.05) is 30.3 Å². The monoisotopic (exact) mass is 331 g/mol. The first-order valence-corrected chi connectivity index (χ1v) is 9.04. The number of likely N-dealkylation sites (N-methyl/N-ethyl adjacent to an activating group) is 1. The first-order chi connectivity index (χ1) is 11.6. The van der Waals surface area contributed by atoms with Crippen molar-refractivity contribution in [2.75, 3.05) is 39.8 Å². The van der Waals surface area contributed by atoms with Gasteiger partial charge in [0.2, 0.25) is 5.91 Å². The molecule has 1 aromatic carbocycles. The molecule has 0 unspecified atom stereocenters. The smallest absolute Gasteiger partial charge is 0.242 e. The number of carbonyl (C=O) groups excluding carboxylic acids is 1. The van der Waals surface area contributed by atoms with E-state index in [9.17, 15) is 4.79 Å². The minimum Gasteiger partial charge on any atom is -0.376 e. The number of carbonyl (C=O) groups is 1. The molecule has 1 aromatic rings. The van der Waals surface area contributed by atoms with Gasteiger partial charge in [-0.25, -0.2) is 0 Å². The van der Waals surface area contributed by atoms with E-state index in [2.05, 4.69) is 41.2 Å². The van der Waals surface area contributed by atoms with E-state index in [0.717, 1.165) is 51.2 Å². The summed E-state index contributed by atoms with van der Waals surface area (Å²) in [7, 11) is 2.13. The predicted octanol–water partition coefficient (Wildman–Crippen LogP) is 1.66. The molecular weight excluding hydrogens is 302 g/mol. The van der Waals surface area contributed by atoms with Crippen LogP contribution in [0.3, 0.4) is 0 Å². The largest absolute Gasteiger partial charge is 0.376 e. The number of ether oxygens (including phenoxy) is 1. The third kappa shape index (κ3) is 4.15. The molecule has 5 nitrogen and oxygen atoms in total. The molecule has 3 rings (SSSR count). The third-order valence-electron chi connectivity index (χ3n) is 5.16. The van der Waals surface area contributed by atoms with E-state index in [1.54, 1.807) is 0 Å². The van der Waals surface area contributed by atoms with Crippen molar-refractivity contribution in [3.63, 3.8) is 0 Å². The van der Waals surface area contributed by atoms with Crippen LogP contribution in [0.1, 0.15) is 31.4 Å². The van der Waals surface area contributed by atoms with Crippen LogP contribution in [0.4, 0.5) is 0 Å². The maximum atomic E-state index is 13.1. The summed E-state index contributed by atoms with van der Waals surface area (Å²) in [5.41, 5.74) is 1.07. The highest BCUT2D eigenvalue weighted by atomic mass is 16.5. The average molecular weight is 331 g/mol. The highest BCUT2D eigenvalue weighted by molar-refractivity contribution is 5.83. The highest BCUT2D eigenvalue weighted by Gasteiger charge is 2.32.